The third kappa shape index (κ3) is 5.35. The second-order valence-electron chi connectivity index (χ2n) is 6.98. The molecule has 0 saturated carbocycles. The maximum atomic E-state index is 5.97. The van der Waals surface area contributed by atoms with Crippen molar-refractivity contribution in [2.45, 2.75) is 52.9 Å². The molecule has 1 aromatic rings. The van der Waals surface area contributed by atoms with E-state index in [-0.39, 0.29) is 0 Å². The quantitative estimate of drug-likeness (QED) is 0.709. The van der Waals surface area contributed by atoms with Gasteiger partial charge in [-0.15, -0.1) is 0 Å². The molecule has 1 heterocycles. The molecule has 0 radical (unpaired) electrons. The minimum absolute atomic E-state index is 0.557. The number of nitrogens with zero attached hydrogens (tertiary/aromatic N) is 1. The highest BCUT2D eigenvalue weighted by Crippen LogP contribution is 2.23. The number of hydrogen-bond donors (Lipinski definition) is 0. The van der Waals surface area contributed by atoms with Gasteiger partial charge in [-0.2, -0.15) is 0 Å². The number of benzene rings is 1. The Labute approximate surface area is 130 Å². The van der Waals surface area contributed by atoms with Crippen LogP contribution in [0, 0.1) is 12.8 Å². The van der Waals surface area contributed by atoms with Gasteiger partial charge in [0.05, 0.1) is 6.61 Å². The molecule has 1 aromatic carbocycles. The molecular formula is C19H31NO. The molecule has 118 valence electrons. The Hall–Kier alpha value is -1.02. The SMILES string of the molecule is Cc1cc(OCCCN2CCC[C@@H](C)C2)cc(C(C)C)c1. The summed E-state index contributed by atoms with van der Waals surface area (Å²) in [4.78, 5) is 2.59. The molecule has 0 spiro atoms. The van der Waals surface area contributed by atoms with E-state index in [1.807, 2.05) is 0 Å². The zero-order chi connectivity index (χ0) is 15.2. The highest BCUT2D eigenvalue weighted by atomic mass is 16.5. The van der Waals surface area contributed by atoms with E-state index in [1.165, 1.54) is 43.6 Å². The molecule has 0 unspecified atom stereocenters. The molecule has 21 heavy (non-hydrogen) atoms. The number of aryl methyl sites for hydroxylation is 1. The normalized spacial score (nSPS) is 20.0. The fraction of sp³-hybridized carbons (Fsp3) is 0.684. The Morgan fingerprint density at radius 2 is 2.10 bits per heavy atom. The molecule has 1 aliphatic heterocycles. The fourth-order valence-corrected chi connectivity index (χ4v) is 3.16. The summed E-state index contributed by atoms with van der Waals surface area (Å²) in [5.41, 5.74) is 2.66. The molecule has 2 heteroatoms. The first-order valence-corrected chi connectivity index (χ1v) is 8.51. The minimum Gasteiger partial charge on any atom is -0.494 e. The maximum absolute atomic E-state index is 5.97. The monoisotopic (exact) mass is 289 g/mol. The zero-order valence-corrected chi connectivity index (χ0v) is 14.2. The minimum atomic E-state index is 0.557. The summed E-state index contributed by atoms with van der Waals surface area (Å²) in [5.74, 6) is 2.46. The van der Waals surface area contributed by atoms with Gasteiger partial charge in [-0.3, -0.25) is 0 Å². The first kappa shape index (κ1) is 16.4. The Morgan fingerprint density at radius 3 is 2.81 bits per heavy atom. The third-order valence-corrected chi connectivity index (χ3v) is 4.37. The van der Waals surface area contributed by atoms with Crippen LogP contribution in [-0.2, 0) is 0 Å². The van der Waals surface area contributed by atoms with Crippen molar-refractivity contribution in [1.29, 1.82) is 0 Å². The van der Waals surface area contributed by atoms with Gasteiger partial charge in [0.25, 0.3) is 0 Å². The molecule has 0 N–H and O–H groups in total. The summed E-state index contributed by atoms with van der Waals surface area (Å²) in [5, 5.41) is 0. The molecule has 0 bridgehead atoms. The molecule has 0 amide bonds. The molecule has 1 fully saturated rings. The van der Waals surface area contributed by atoms with Gasteiger partial charge in [-0.1, -0.05) is 26.8 Å². The van der Waals surface area contributed by atoms with E-state index in [0.717, 1.165) is 24.7 Å². The Bertz CT molecular complexity index is 441. The summed E-state index contributed by atoms with van der Waals surface area (Å²) in [6.07, 6.45) is 3.88. The Kier molecular flexibility index (Phi) is 6.10. The molecule has 0 aromatic heterocycles. The van der Waals surface area contributed by atoms with Crippen molar-refractivity contribution in [3.05, 3.63) is 29.3 Å². The standard InChI is InChI=1S/C19H31NO/c1-15(2)18-11-17(4)12-19(13-18)21-10-6-9-20-8-5-7-16(3)14-20/h11-13,15-16H,5-10,14H2,1-4H3/t16-/m1/s1. The van der Waals surface area contributed by atoms with Gasteiger partial charge < -0.3 is 9.64 Å². The van der Waals surface area contributed by atoms with Crippen molar-refractivity contribution in [2.75, 3.05) is 26.2 Å². The molecule has 1 saturated heterocycles. The van der Waals surface area contributed by atoms with Crippen LogP contribution in [0.2, 0.25) is 0 Å². The van der Waals surface area contributed by atoms with Gasteiger partial charge in [-0.05, 0) is 67.8 Å². The average Bonchev–Trinajstić information content (AvgIpc) is 2.43. The lowest BCUT2D eigenvalue weighted by atomic mass is 10.0. The molecule has 0 aliphatic carbocycles. The highest BCUT2D eigenvalue weighted by molar-refractivity contribution is 5.35. The molecular weight excluding hydrogens is 258 g/mol. The van der Waals surface area contributed by atoms with E-state index in [2.05, 4.69) is 50.8 Å². The lowest BCUT2D eigenvalue weighted by molar-refractivity contribution is 0.170. The number of rotatable bonds is 6. The van der Waals surface area contributed by atoms with Gasteiger partial charge in [-0.25, -0.2) is 0 Å². The lowest BCUT2D eigenvalue weighted by Crippen LogP contribution is -2.35. The van der Waals surface area contributed by atoms with E-state index in [4.69, 9.17) is 4.74 Å². The van der Waals surface area contributed by atoms with Gasteiger partial charge in [0, 0.05) is 13.1 Å². The molecule has 2 nitrogen and oxygen atoms in total. The van der Waals surface area contributed by atoms with E-state index >= 15 is 0 Å². The van der Waals surface area contributed by atoms with Crippen LogP contribution in [-0.4, -0.2) is 31.1 Å². The zero-order valence-electron chi connectivity index (χ0n) is 14.2. The van der Waals surface area contributed by atoms with Crippen molar-refractivity contribution >= 4 is 0 Å². The molecule has 1 aliphatic rings. The summed E-state index contributed by atoms with van der Waals surface area (Å²) in [7, 11) is 0. The van der Waals surface area contributed by atoms with Crippen molar-refractivity contribution in [2.24, 2.45) is 5.92 Å². The topological polar surface area (TPSA) is 12.5 Å². The van der Waals surface area contributed by atoms with Crippen molar-refractivity contribution in [1.82, 2.24) is 4.90 Å². The smallest absolute Gasteiger partial charge is 0.119 e. The van der Waals surface area contributed by atoms with E-state index in [0.29, 0.717) is 5.92 Å². The van der Waals surface area contributed by atoms with Gasteiger partial charge in [0.2, 0.25) is 0 Å². The van der Waals surface area contributed by atoms with Crippen LogP contribution in [0.1, 0.15) is 57.1 Å². The van der Waals surface area contributed by atoms with Crippen LogP contribution in [0.5, 0.6) is 5.75 Å². The number of ether oxygens (including phenoxy) is 1. The van der Waals surface area contributed by atoms with Crippen molar-refractivity contribution in [3.8, 4) is 5.75 Å². The highest BCUT2D eigenvalue weighted by Gasteiger charge is 2.15. The van der Waals surface area contributed by atoms with Crippen LogP contribution in [0.25, 0.3) is 0 Å². The predicted octanol–water partition coefficient (Wildman–Crippen LogP) is 4.62. The van der Waals surface area contributed by atoms with E-state index in [9.17, 15) is 0 Å². The summed E-state index contributed by atoms with van der Waals surface area (Å²) >= 11 is 0. The molecule has 2 rings (SSSR count). The van der Waals surface area contributed by atoms with E-state index in [1.54, 1.807) is 0 Å². The number of piperidine rings is 1. The number of hydrogen-bond acceptors (Lipinski definition) is 2. The summed E-state index contributed by atoms with van der Waals surface area (Å²) in [6.45, 7) is 13.5. The summed E-state index contributed by atoms with van der Waals surface area (Å²) in [6, 6.07) is 6.60. The summed E-state index contributed by atoms with van der Waals surface area (Å²) < 4.78 is 5.97. The van der Waals surface area contributed by atoms with Crippen LogP contribution < -0.4 is 4.74 Å². The first-order chi connectivity index (χ1) is 10.0. The second kappa shape index (κ2) is 7.84. The Balaban J connectivity index is 1.75. The second-order valence-corrected chi connectivity index (χ2v) is 6.98. The van der Waals surface area contributed by atoms with Crippen LogP contribution in [0.15, 0.2) is 18.2 Å². The lowest BCUT2D eigenvalue weighted by Gasteiger charge is -2.30. The van der Waals surface area contributed by atoms with Crippen LogP contribution in [0.4, 0.5) is 0 Å². The van der Waals surface area contributed by atoms with Crippen molar-refractivity contribution in [3.63, 3.8) is 0 Å². The maximum Gasteiger partial charge on any atom is 0.119 e. The van der Waals surface area contributed by atoms with E-state index < -0.39 is 0 Å². The van der Waals surface area contributed by atoms with Crippen molar-refractivity contribution < 1.29 is 4.74 Å². The van der Waals surface area contributed by atoms with Gasteiger partial charge in [0.1, 0.15) is 5.75 Å². The fourth-order valence-electron chi connectivity index (χ4n) is 3.16. The third-order valence-electron chi connectivity index (χ3n) is 4.37. The van der Waals surface area contributed by atoms with Gasteiger partial charge >= 0.3 is 0 Å². The Morgan fingerprint density at radius 1 is 1.29 bits per heavy atom. The number of likely N-dealkylation sites (tertiary alicyclic amines) is 1. The molecule has 1 atom stereocenters. The first-order valence-electron chi connectivity index (χ1n) is 8.51. The van der Waals surface area contributed by atoms with Crippen LogP contribution in [0.3, 0.4) is 0 Å². The van der Waals surface area contributed by atoms with Gasteiger partial charge in [0.15, 0.2) is 0 Å². The predicted molar refractivity (Wildman–Crippen MR) is 90.2 cm³/mol. The van der Waals surface area contributed by atoms with Crippen LogP contribution >= 0.6 is 0 Å². The largest absolute Gasteiger partial charge is 0.494 e. The average molecular weight is 289 g/mol.